The van der Waals surface area contributed by atoms with Gasteiger partial charge in [-0.2, -0.15) is 0 Å². The number of carbonyl (C=O) groups excluding carboxylic acids is 1. The van der Waals surface area contributed by atoms with Crippen LogP contribution in [0.3, 0.4) is 0 Å². The number of carbonyl (C=O) groups is 1. The van der Waals surface area contributed by atoms with E-state index in [9.17, 15) is 22.0 Å². The maximum absolute atomic E-state index is 13.3. The molecular weight excluding hydrogens is 378 g/mol. The fourth-order valence-electron chi connectivity index (χ4n) is 2.33. The number of nitrogens with one attached hydrogen (secondary N) is 2. The first-order chi connectivity index (χ1) is 12.8. The number of halogens is 2. The lowest BCUT2D eigenvalue weighted by Gasteiger charge is -2.12. The summed E-state index contributed by atoms with van der Waals surface area (Å²) in [6, 6.07) is 11.1. The van der Waals surface area contributed by atoms with Gasteiger partial charge in [0.1, 0.15) is 17.4 Å². The van der Waals surface area contributed by atoms with Gasteiger partial charge in [0.2, 0.25) is 0 Å². The van der Waals surface area contributed by atoms with Crippen LogP contribution in [0.25, 0.3) is 0 Å². The van der Waals surface area contributed by atoms with Gasteiger partial charge in [-0.3, -0.25) is 9.52 Å². The highest BCUT2D eigenvalue weighted by molar-refractivity contribution is 7.92. The van der Waals surface area contributed by atoms with Crippen molar-refractivity contribution in [2.45, 2.75) is 11.4 Å². The molecule has 0 radical (unpaired) electrons. The Morgan fingerprint density at radius 3 is 2.37 bits per heavy atom. The number of anilines is 1. The summed E-state index contributed by atoms with van der Waals surface area (Å²) in [5.74, 6) is -2.08. The number of para-hydroxylation sites is 1. The van der Waals surface area contributed by atoms with E-state index in [-0.39, 0.29) is 17.8 Å². The molecule has 0 atom stereocenters. The molecule has 140 valence electrons. The van der Waals surface area contributed by atoms with E-state index in [2.05, 4.69) is 10.0 Å². The molecule has 0 saturated heterocycles. The topological polar surface area (TPSA) is 88.4 Å². The SMILES string of the molecule is O=C(NCc1ccco1)c1ccccc1NS(=O)(=O)c1cc(F)cc(F)c1. The molecule has 0 unspecified atom stereocenters. The smallest absolute Gasteiger partial charge is 0.262 e. The number of furan rings is 1. The summed E-state index contributed by atoms with van der Waals surface area (Å²) >= 11 is 0. The minimum Gasteiger partial charge on any atom is -0.467 e. The second kappa shape index (κ2) is 7.58. The van der Waals surface area contributed by atoms with E-state index in [4.69, 9.17) is 4.42 Å². The first-order valence-corrected chi connectivity index (χ1v) is 9.22. The standard InChI is InChI=1S/C18H14F2N2O4S/c19-12-8-13(20)10-15(9-12)27(24,25)22-17-6-2-1-5-16(17)18(23)21-11-14-4-3-7-26-14/h1-10,22H,11H2,(H,21,23). The molecule has 0 bridgehead atoms. The second-order valence-electron chi connectivity index (χ2n) is 5.52. The first-order valence-electron chi connectivity index (χ1n) is 7.74. The normalized spacial score (nSPS) is 11.2. The zero-order chi connectivity index (χ0) is 19.4. The Morgan fingerprint density at radius 1 is 1.00 bits per heavy atom. The zero-order valence-electron chi connectivity index (χ0n) is 13.8. The van der Waals surface area contributed by atoms with Crippen molar-refractivity contribution in [3.8, 4) is 0 Å². The van der Waals surface area contributed by atoms with Gasteiger partial charge >= 0.3 is 0 Å². The van der Waals surface area contributed by atoms with Crippen LogP contribution < -0.4 is 10.0 Å². The number of amides is 1. The summed E-state index contributed by atoms with van der Waals surface area (Å²) in [6.45, 7) is 0.113. The molecule has 0 aliphatic rings. The fourth-order valence-corrected chi connectivity index (χ4v) is 3.45. The van der Waals surface area contributed by atoms with Crippen LogP contribution in [-0.4, -0.2) is 14.3 Å². The van der Waals surface area contributed by atoms with Gasteiger partial charge in [-0.1, -0.05) is 12.1 Å². The third kappa shape index (κ3) is 4.50. The highest BCUT2D eigenvalue weighted by atomic mass is 32.2. The predicted molar refractivity (Wildman–Crippen MR) is 93.5 cm³/mol. The summed E-state index contributed by atoms with van der Waals surface area (Å²) in [7, 11) is -4.30. The average molecular weight is 392 g/mol. The molecule has 27 heavy (non-hydrogen) atoms. The highest BCUT2D eigenvalue weighted by Gasteiger charge is 2.20. The summed E-state index contributed by atoms with van der Waals surface area (Å²) in [5, 5.41) is 2.60. The van der Waals surface area contributed by atoms with Crippen LogP contribution in [0.4, 0.5) is 14.5 Å². The van der Waals surface area contributed by atoms with Crippen LogP contribution in [0, 0.1) is 11.6 Å². The lowest BCUT2D eigenvalue weighted by molar-refractivity contribution is 0.0949. The molecule has 6 nitrogen and oxygen atoms in total. The summed E-state index contributed by atoms with van der Waals surface area (Å²) in [6.07, 6.45) is 1.46. The van der Waals surface area contributed by atoms with E-state index in [0.29, 0.717) is 24.0 Å². The molecule has 3 rings (SSSR count). The minimum atomic E-state index is -4.30. The summed E-state index contributed by atoms with van der Waals surface area (Å²) in [5.41, 5.74) is 0.0172. The Hall–Kier alpha value is -3.20. The average Bonchev–Trinajstić information content (AvgIpc) is 3.12. The van der Waals surface area contributed by atoms with Crippen molar-refractivity contribution in [1.82, 2.24) is 5.32 Å². The maximum atomic E-state index is 13.3. The molecule has 1 heterocycles. The minimum absolute atomic E-state index is 0.0286. The van der Waals surface area contributed by atoms with E-state index >= 15 is 0 Å². The molecular formula is C18H14F2N2O4S. The molecule has 0 spiro atoms. The van der Waals surface area contributed by atoms with Gasteiger partial charge in [-0.25, -0.2) is 17.2 Å². The Kier molecular flexibility index (Phi) is 5.22. The zero-order valence-corrected chi connectivity index (χ0v) is 14.6. The molecule has 0 aliphatic heterocycles. The van der Waals surface area contributed by atoms with Crippen molar-refractivity contribution >= 4 is 21.6 Å². The van der Waals surface area contributed by atoms with Crippen molar-refractivity contribution in [3.63, 3.8) is 0 Å². The van der Waals surface area contributed by atoms with Gasteiger partial charge in [-0.05, 0) is 36.4 Å². The third-order valence-corrected chi connectivity index (χ3v) is 4.91. The van der Waals surface area contributed by atoms with Crippen LogP contribution in [0.5, 0.6) is 0 Å². The lowest BCUT2D eigenvalue weighted by Crippen LogP contribution is -2.24. The third-order valence-electron chi connectivity index (χ3n) is 3.57. The Labute approximate surface area is 153 Å². The van der Waals surface area contributed by atoms with Gasteiger partial charge in [0.05, 0.1) is 29.0 Å². The van der Waals surface area contributed by atoms with Crippen LogP contribution in [0.15, 0.2) is 70.2 Å². The van der Waals surface area contributed by atoms with Crippen LogP contribution in [0.1, 0.15) is 16.1 Å². The van der Waals surface area contributed by atoms with Gasteiger partial charge in [0.15, 0.2) is 0 Å². The molecule has 2 N–H and O–H groups in total. The fraction of sp³-hybridized carbons (Fsp3) is 0.0556. The van der Waals surface area contributed by atoms with E-state index in [0.717, 1.165) is 0 Å². The van der Waals surface area contributed by atoms with E-state index < -0.39 is 32.5 Å². The first kappa shape index (κ1) is 18.6. The molecule has 0 saturated carbocycles. The molecule has 1 amide bonds. The van der Waals surface area contributed by atoms with Gasteiger partial charge in [-0.15, -0.1) is 0 Å². The van der Waals surface area contributed by atoms with Gasteiger partial charge < -0.3 is 9.73 Å². The number of hydrogen-bond donors (Lipinski definition) is 2. The van der Waals surface area contributed by atoms with Gasteiger partial charge in [0.25, 0.3) is 15.9 Å². The van der Waals surface area contributed by atoms with Crippen LogP contribution in [-0.2, 0) is 16.6 Å². The highest BCUT2D eigenvalue weighted by Crippen LogP contribution is 2.21. The van der Waals surface area contributed by atoms with Crippen molar-refractivity contribution in [1.29, 1.82) is 0 Å². The van der Waals surface area contributed by atoms with E-state index in [1.165, 1.54) is 24.5 Å². The predicted octanol–water partition coefficient (Wildman–Crippen LogP) is 3.29. The summed E-state index contributed by atoms with van der Waals surface area (Å²) in [4.78, 5) is 11.8. The van der Waals surface area contributed by atoms with Crippen LogP contribution >= 0.6 is 0 Å². The van der Waals surface area contributed by atoms with Crippen molar-refractivity contribution in [2.75, 3.05) is 4.72 Å². The van der Waals surface area contributed by atoms with Crippen molar-refractivity contribution in [2.24, 2.45) is 0 Å². The Bertz CT molecular complexity index is 1050. The second-order valence-corrected chi connectivity index (χ2v) is 7.20. The number of benzene rings is 2. The molecule has 2 aromatic carbocycles. The largest absolute Gasteiger partial charge is 0.467 e. The maximum Gasteiger partial charge on any atom is 0.262 e. The lowest BCUT2D eigenvalue weighted by atomic mass is 10.1. The quantitative estimate of drug-likeness (QED) is 0.674. The van der Waals surface area contributed by atoms with Crippen molar-refractivity contribution < 1.29 is 26.4 Å². The molecule has 3 aromatic rings. The monoisotopic (exact) mass is 392 g/mol. The van der Waals surface area contributed by atoms with E-state index in [1.807, 2.05) is 0 Å². The Morgan fingerprint density at radius 2 is 1.70 bits per heavy atom. The number of rotatable bonds is 6. The number of sulfonamides is 1. The Balaban J connectivity index is 1.83. The van der Waals surface area contributed by atoms with E-state index in [1.54, 1.807) is 18.2 Å². The van der Waals surface area contributed by atoms with Crippen molar-refractivity contribution in [3.05, 3.63) is 83.8 Å². The summed E-state index contributed by atoms with van der Waals surface area (Å²) < 4.78 is 58.8. The molecule has 0 aliphatic carbocycles. The van der Waals surface area contributed by atoms with Gasteiger partial charge in [0, 0.05) is 6.07 Å². The molecule has 9 heteroatoms. The molecule has 1 aromatic heterocycles. The van der Waals surface area contributed by atoms with Crippen LogP contribution in [0.2, 0.25) is 0 Å². The number of hydrogen-bond acceptors (Lipinski definition) is 4. The molecule has 0 fully saturated rings.